The van der Waals surface area contributed by atoms with Crippen molar-refractivity contribution in [3.05, 3.63) is 53.9 Å². The van der Waals surface area contributed by atoms with Gasteiger partial charge in [0.25, 0.3) is 0 Å². The lowest BCUT2D eigenvalue weighted by Crippen LogP contribution is -2.14. The monoisotopic (exact) mass is 251 g/mol. The van der Waals surface area contributed by atoms with E-state index < -0.39 is 11.6 Å². The number of rotatable bonds is 4. The van der Waals surface area contributed by atoms with Crippen molar-refractivity contribution in [2.24, 2.45) is 7.05 Å². The summed E-state index contributed by atoms with van der Waals surface area (Å²) in [7, 11) is 1.74. The zero-order valence-corrected chi connectivity index (χ0v) is 9.69. The van der Waals surface area contributed by atoms with Crippen LogP contribution in [0.3, 0.4) is 0 Å². The molecule has 0 radical (unpaired) electrons. The predicted octanol–water partition coefficient (Wildman–Crippen LogP) is 2.57. The van der Waals surface area contributed by atoms with Gasteiger partial charge in [-0.15, -0.1) is 0 Å². The van der Waals surface area contributed by atoms with E-state index in [1.165, 1.54) is 6.07 Å². The third kappa shape index (κ3) is 2.56. The lowest BCUT2D eigenvalue weighted by atomic mass is 10.3. The van der Waals surface area contributed by atoms with Crippen LogP contribution in [-0.2, 0) is 7.05 Å². The van der Waals surface area contributed by atoms with Crippen molar-refractivity contribution in [2.45, 2.75) is 0 Å². The van der Waals surface area contributed by atoms with E-state index >= 15 is 0 Å². The van der Waals surface area contributed by atoms with Crippen molar-refractivity contribution < 1.29 is 18.3 Å². The normalized spacial score (nSPS) is 10.4. The quantitative estimate of drug-likeness (QED) is 0.782. The Bertz CT molecular complexity index is 578. The van der Waals surface area contributed by atoms with Gasteiger partial charge in [0.1, 0.15) is 5.75 Å². The van der Waals surface area contributed by atoms with Gasteiger partial charge in [-0.2, -0.15) is 0 Å². The van der Waals surface area contributed by atoms with Crippen LogP contribution in [-0.4, -0.2) is 17.0 Å². The fourth-order valence-corrected chi connectivity index (χ4v) is 1.54. The van der Waals surface area contributed by atoms with Crippen LogP contribution in [0.1, 0.15) is 10.5 Å². The van der Waals surface area contributed by atoms with Crippen molar-refractivity contribution in [3.63, 3.8) is 0 Å². The smallest absolute Gasteiger partial charge is 0.216 e. The third-order valence-corrected chi connectivity index (χ3v) is 2.49. The van der Waals surface area contributed by atoms with Crippen LogP contribution < -0.4 is 4.74 Å². The fraction of sp³-hybridized carbons (Fsp3) is 0.154. The number of benzene rings is 1. The number of carbonyl (C=O) groups is 1. The largest absolute Gasteiger partial charge is 0.485 e. The molecule has 2 rings (SSSR count). The standard InChI is InChI=1S/C13H11F2NO2/c1-16-6-2-3-12(16)13(17)8-18-9-4-5-10(14)11(15)7-9/h2-7H,8H2,1H3. The summed E-state index contributed by atoms with van der Waals surface area (Å²) in [4.78, 5) is 11.7. The van der Waals surface area contributed by atoms with Crippen LogP contribution in [0, 0.1) is 11.6 Å². The van der Waals surface area contributed by atoms with Gasteiger partial charge in [0.05, 0.1) is 5.69 Å². The van der Waals surface area contributed by atoms with Gasteiger partial charge < -0.3 is 9.30 Å². The van der Waals surface area contributed by atoms with Gasteiger partial charge in [0.15, 0.2) is 18.2 Å². The van der Waals surface area contributed by atoms with E-state index in [2.05, 4.69) is 0 Å². The van der Waals surface area contributed by atoms with Gasteiger partial charge in [-0.05, 0) is 24.3 Å². The molecule has 0 amide bonds. The molecule has 94 valence electrons. The van der Waals surface area contributed by atoms with Crippen LogP contribution in [0.15, 0.2) is 36.5 Å². The minimum atomic E-state index is -1.00. The summed E-state index contributed by atoms with van der Waals surface area (Å²) in [6, 6.07) is 6.55. The topological polar surface area (TPSA) is 31.2 Å². The first-order valence-electron chi connectivity index (χ1n) is 5.30. The molecule has 0 aliphatic carbocycles. The molecule has 0 saturated heterocycles. The number of carbonyl (C=O) groups excluding carboxylic acids is 1. The van der Waals surface area contributed by atoms with Gasteiger partial charge in [-0.25, -0.2) is 8.78 Å². The Kier molecular flexibility index (Phi) is 3.41. The van der Waals surface area contributed by atoms with Crippen LogP contribution in [0.25, 0.3) is 0 Å². The van der Waals surface area contributed by atoms with Crippen LogP contribution in [0.4, 0.5) is 8.78 Å². The average molecular weight is 251 g/mol. The Morgan fingerprint density at radius 1 is 1.28 bits per heavy atom. The first-order valence-corrected chi connectivity index (χ1v) is 5.30. The molecule has 0 aliphatic heterocycles. The van der Waals surface area contributed by atoms with Gasteiger partial charge in [0, 0.05) is 19.3 Å². The molecule has 0 bridgehead atoms. The minimum absolute atomic E-state index is 0.122. The number of aromatic nitrogens is 1. The highest BCUT2D eigenvalue weighted by molar-refractivity contribution is 5.95. The number of nitrogens with zero attached hydrogens (tertiary/aromatic N) is 1. The fourth-order valence-electron chi connectivity index (χ4n) is 1.54. The molecule has 2 aromatic rings. The van der Waals surface area contributed by atoms with E-state index in [0.29, 0.717) is 5.69 Å². The zero-order valence-electron chi connectivity index (χ0n) is 9.69. The predicted molar refractivity (Wildman–Crippen MR) is 61.6 cm³/mol. The molecule has 3 nitrogen and oxygen atoms in total. The summed E-state index contributed by atoms with van der Waals surface area (Å²) < 4.78 is 32.3. The summed E-state index contributed by atoms with van der Waals surface area (Å²) in [6.07, 6.45) is 1.74. The number of hydrogen-bond donors (Lipinski definition) is 0. The zero-order chi connectivity index (χ0) is 13.1. The van der Waals surface area contributed by atoms with Gasteiger partial charge in [-0.1, -0.05) is 0 Å². The summed E-state index contributed by atoms with van der Waals surface area (Å²) >= 11 is 0. The van der Waals surface area contributed by atoms with Gasteiger partial charge >= 0.3 is 0 Å². The summed E-state index contributed by atoms with van der Waals surface area (Å²) in [6.45, 7) is -0.219. The molecule has 0 aliphatic rings. The summed E-state index contributed by atoms with van der Waals surface area (Å²) in [5.74, 6) is -2.06. The first kappa shape index (κ1) is 12.3. The van der Waals surface area contributed by atoms with Gasteiger partial charge in [-0.3, -0.25) is 4.79 Å². The number of ether oxygens (including phenoxy) is 1. The second-order valence-corrected chi connectivity index (χ2v) is 3.79. The Hall–Kier alpha value is -2.17. The molecule has 0 atom stereocenters. The Labute approximate surface area is 103 Å². The lowest BCUT2D eigenvalue weighted by Gasteiger charge is -2.06. The Balaban J connectivity index is 2.02. The van der Waals surface area contributed by atoms with Crippen molar-refractivity contribution in [1.29, 1.82) is 0 Å². The maximum atomic E-state index is 12.9. The van der Waals surface area contributed by atoms with Crippen LogP contribution in [0.5, 0.6) is 5.75 Å². The van der Waals surface area contributed by atoms with E-state index in [9.17, 15) is 13.6 Å². The number of ketones is 1. The highest BCUT2D eigenvalue weighted by atomic mass is 19.2. The number of hydrogen-bond acceptors (Lipinski definition) is 2. The molecule has 1 aromatic heterocycles. The highest BCUT2D eigenvalue weighted by Gasteiger charge is 2.10. The molecule has 0 unspecified atom stereocenters. The molecule has 0 fully saturated rings. The average Bonchev–Trinajstić information content (AvgIpc) is 2.77. The molecular formula is C13H11F2NO2. The second-order valence-electron chi connectivity index (χ2n) is 3.79. The van der Waals surface area contributed by atoms with Crippen LogP contribution >= 0.6 is 0 Å². The van der Waals surface area contributed by atoms with E-state index in [0.717, 1.165) is 12.1 Å². The molecule has 0 spiro atoms. The van der Waals surface area contributed by atoms with Crippen molar-refractivity contribution >= 4 is 5.78 Å². The minimum Gasteiger partial charge on any atom is -0.485 e. The third-order valence-electron chi connectivity index (χ3n) is 2.49. The van der Waals surface area contributed by atoms with Crippen molar-refractivity contribution in [3.8, 4) is 5.75 Å². The molecule has 5 heteroatoms. The number of halogens is 2. The molecule has 18 heavy (non-hydrogen) atoms. The molecule has 1 aromatic carbocycles. The molecule has 0 saturated carbocycles. The van der Waals surface area contributed by atoms with Crippen molar-refractivity contribution in [2.75, 3.05) is 6.61 Å². The SMILES string of the molecule is Cn1cccc1C(=O)COc1ccc(F)c(F)c1. The maximum Gasteiger partial charge on any atom is 0.216 e. The molecule has 1 heterocycles. The van der Waals surface area contributed by atoms with E-state index in [1.54, 1.807) is 29.9 Å². The number of Topliss-reactive ketones (excluding diaryl/α,β-unsaturated/α-hetero) is 1. The van der Waals surface area contributed by atoms with E-state index in [-0.39, 0.29) is 18.1 Å². The van der Waals surface area contributed by atoms with Crippen molar-refractivity contribution in [1.82, 2.24) is 4.57 Å². The maximum absolute atomic E-state index is 12.9. The highest BCUT2D eigenvalue weighted by Crippen LogP contribution is 2.15. The van der Waals surface area contributed by atoms with Gasteiger partial charge in [0.2, 0.25) is 5.78 Å². The summed E-state index contributed by atoms with van der Waals surface area (Å²) in [5.41, 5.74) is 0.498. The van der Waals surface area contributed by atoms with Crippen LogP contribution in [0.2, 0.25) is 0 Å². The number of aryl methyl sites for hydroxylation is 1. The van der Waals surface area contributed by atoms with E-state index in [1.807, 2.05) is 0 Å². The second kappa shape index (κ2) is 5.00. The summed E-state index contributed by atoms with van der Waals surface area (Å²) in [5, 5.41) is 0. The molecular weight excluding hydrogens is 240 g/mol. The Morgan fingerprint density at radius 3 is 2.67 bits per heavy atom. The molecule has 0 N–H and O–H groups in total. The Morgan fingerprint density at radius 2 is 2.06 bits per heavy atom. The first-order chi connectivity index (χ1) is 8.58. The lowest BCUT2D eigenvalue weighted by molar-refractivity contribution is 0.0913. The van der Waals surface area contributed by atoms with E-state index in [4.69, 9.17) is 4.74 Å².